The minimum Gasteiger partial charge on any atom is -0.451 e. The Morgan fingerprint density at radius 2 is 2.10 bits per heavy atom. The van der Waals surface area contributed by atoms with Crippen molar-refractivity contribution in [3.05, 3.63) is 40.9 Å². The molecule has 1 aromatic carbocycles. The van der Waals surface area contributed by atoms with Gasteiger partial charge in [-0.05, 0) is 19.1 Å². The molecule has 0 saturated carbocycles. The molecule has 0 saturated heterocycles. The summed E-state index contributed by atoms with van der Waals surface area (Å²) in [5.74, 6) is -1.47. The number of rotatable bonds is 4. The van der Waals surface area contributed by atoms with Gasteiger partial charge < -0.3 is 10.5 Å². The molecule has 7 nitrogen and oxygen atoms in total. The molecule has 0 aliphatic heterocycles. The van der Waals surface area contributed by atoms with E-state index < -0.39 is 18.0 Å². The van der Waals surface area contributed by atoms with Crippen LogP contribution in [0.4, 0.5) is 0 Å². The van der Waals surface area contributed by atoms with Crippen molar-refractivity contribution < 1.29 is 14.3 Å². The van der Waals surface area contributed by atoms with Crippen molar-refractivity contribution >= 4 is 22.8 Å². The smallest absolute Gasteiger partial charge is 0.326 e. The number of fused-ring (bicyclic) bond motifs is 1. The largest absolute Gasteiger partial charge is 0.451 e. The lowest BCUT2D eigenvalue weighted by molar-refractivity contribution is -0.154. The van der Waals surface area contributed by atoms with Gasteiger partial charge in [-0.3, -0.25) is 19.0 Å². The number of benzene rings is 1. The fraction of sp³-hybridized carbons (Fsp3) is 0.231. The summed E-state index contributed by atoms with van der Waals surface area (Å²) in [6.45, 7) is 1.04. The van der Waals surface area contributed by atoms with Crippen LogP contribution in [-0.2, 0) is 20.9 Å². The number of para-hydroxylation sites is 1. The van der Waals surface area contributed by atoms with Crippen LogP contribution in [0.5, 0.6) is 0 Å². The van der Waals surface area contributed by atoms with Crippen molar-refractivity contribution in [3.8, 4) is 0 Å². The highest BCUT2D eigenvalue weighted by Gasteiger charge is 2.15. The van der Waals surface area contributed by atoms with E-state index in [4.69, 9.17) is 10.5 Å². The molecular weight excluding hydrogens is 262 g/mol. The molecule has 1 amide bonds. The number of carbonyl (C=O) groups is 2. The molecule has 0 aliphatic carbocycles. The zero-order chi connectivity index (χ0) is 14.7. The third kappa shape index (κ3) is 2.82. The van der Waals surface area contributed by atoms with Gasteiger partial charge in [0.15, 0.2) is 6.10 Å². The molecular formula is C13H13N3O4. The number of hydrogen-bond acceptors (Lipinski definition) is 5. The lowest BCUT2D eigenvalue weighted by Gasteiger charge is -2.10. The summed E-state index contributed by atoms with van der Waals surface area (Å²) in [5.41, 5.74) is 5.19. The van der Waals surface area contributed by atoms with Crippen LogP contribution in [-0.4, -0.2) is 27.5 Å². The molecule has 0 aliphatic rings. The molecule has 2 rings (SSSR count). The highest BCUT2D eigenvalue weighted by atomic mass is 16.5. The second kappa shape index (κ2) is 5.52. The van der Waals surface area contributed by atoms with Gasteiger partial charge in [0, 0.05) is 0 Å². The first kappa shape index (κ1) is 13.7. The van der Waals surface area contributed by atoms with Crippen LogP contribution in [0.15, 0.2) is 35.4 Å². The van der Waals surface area contributed by atoms with E-state index >= 15 is 0 Å². The maximum absolute atomic E-state index is 12.1. The van der Waals surface area contributed by atoms with Crippen LogP contribution in [0.25, 0.3) is 10.9 Å². The SMILES string of the molecule is C[C@H](OC(=O)Cn1cnc2ccccc2c1=O)C(N)=O. The number of aromatic nitrogens is 2. The highest BCUT2D eigenvalue weighted by Crippen LogP contribution is 2.04. The number of primary amides is 1. The molecule has 0 radical (unpaired) electrons. The van der Waals surface area contributed by atoms with Crippen molar-refractivity contribution in [2.45, 2.75) is 19.6 Å². The van der Waals surface area contributed by atoms with Gasteiger partial charge in [0.05, 0.1) is 17.2 Å². The molecule has 20 heavy (non-hydrogen) atoms. The molecule has 2 N–H and O–H groups in total. The second-order valence-corrected chi connectivity index (χ2v) is 4.23. The molecule has 0 bridgehead atoms. The first-order valence-electron chi connectivity index (χ1n) is 5.92. The summed E-state index contributed by atoms with van der Waals surface area (Å²) in [4.78, 5) is 38.6. The third-order valence-electron chi connectivity index (χ3n) is 2.74. The standard InChI is InChI=1S/C13H13N3O4/c1-8(12(14)18)20-11(17)6-16-7-15-10-5-3-2-4-9(10)13(16)19/h2-5,7-8H,6H2,1H3,(H2,14,18)/t8-/m0/s1. The third-order valence-corrected chi connectivity index (χ3v) is 2.74. The number of nitrogens with two attached hydrogens (primary N) is 1. The van der Waals surface area contributed by atoms with Crippen LogP contribution >= 0.6 is 0 Å². The van der Waals surface area contributed by atoms with E-state index in [-0.39, 0.29) is 12.1 Å². The predicted molar refractivity (Wildman–Crippen MR) is 70.8 cm³/mol. The summed E-state index contributed by atoms with van der Waals surface area (Å²) < 4.78 is 5.91. The minimum atomic E-state index is -1.04. The molecule has 0 spiro atoms. The molecule has 1 aromatic heterocycles. The topological polar surface area (TPSA) is 104 Å². The second-order valence-electron chi connectivity index (χ2n) is 4.23. The summed E-state index contributed by atoms with van der Waals surface area (Å²) >= 11 is 0. The average Bonchev–Trinajstić information content (AvgIpc) is 2.42. The molecule has 0 fully saturated rings. The summed E-state index contributed by atoms with van der Waals surface area (Å²) in [6, 6.07) is 6.80. The first-order valence-corrected chi connectivity index (χ1v) is 5.92. The normalized spacial score (nSPS) is 12.1. The fourth-order valence-corrected chi connectivity index (χ4v) is 1.65. The Hall–Kier alpha value is -2.70. The van der Waals surface area contributed by atoms with Crippen molar-refractivity contribution in [2.24, 2.45) is 5.73 Å². The lowest BCUT2D eigenvalue weighted by Crippen LogP contribution is -2.33. The number of esters is 1. The van der Waals surface area contributed by atoms with Gasteiger partial charge in [-0.15, -0.1) is 0 Å². The number of amides is 1. The van der Waals surface area contributed by atoms with E-state index in [2.05, 4.69) is 4.98 Å². The fourth-order valence-electron chi connectivity index (χ4n) is 1.65. The van der Waals surface area contributed by atoms with Gasteiger partial charge in [0.2, 0.25) is 0 Å². The van der Waals surface area contributed by atoms with Gasteiger partial charge in [-0.2, -0.15) is 0 Å². The minimum absolute atomic E-state index is 0.325. The quantitative estimate of drug-likeness (QED) is 0.779. The van der Waals surface area contributed by atoms with Crippen LogP contribution in [0.1, 0.15) is 6.92 Å². The van der Waals surface area contributed by atoms with Crippen LogP contribution in [0, 0.1) is 0 Å². The van der Waals surface area contributed by atoms with E-state index in [1.165, 1.54) is 13.3 Å². The van der Waals surface area contributed by atoms with E-state index in [1.54, 1.807) is 24.3 Å². The zero-order valence-corrected chi connectivity index (χ0v) is 10.8. The maximum Gasteiger partial charge on any atom is 0.326 e. The molecule has 1 atom stereocenters. The van der Waals surface area contributed by atoms with Crippen LogP contribution in [0.2, 0.25) is 0 Å². The van der Waals surface area contributed by atoms with Gasteiger partial charge in [-0.1, -0.05) is 12.1 Å². The Kier molecular flexibility index (Phi) is 3.79. The van der Waals surface area contributed by atoms with Gasteiger partial charge in [-0.25, -0.2) is 4.98 Å². The van der Waals surface area contributed by atoms with Crippen molar-refractivity contribution in [3.63, 3.8) is 0 Å². The van der Waals surface area contributed by atoms with E-state index in [1.807, 2.05) is 0 Å². The Morgan fingerprint density at radius 1 is 1.40 bits per heavy atom. The van der Waals surface area contributed by atoms with Crippen molar-refractivity contribution in [2.75, 3.05) is 0 Å². The predicted octanol–water partition coefficient (Wildman–Crippen LogP) is -0.186. The molecule has 2 aromatic rings. The van der Waals surface area contributed by atoms with E-state index in [0.717, 1.165) is 4.57 Å². The summed E-state index contributed by atoms with van der Waals surface area (Å²) in [6.07, 6.45) is 0.229. The monoisotopic (exact) mass is 275 g/mol. The number of ether oxygens (including phenoxy) is 1. The number of hydrogen-bond donors (Lipinski definition) is 1. The molecule has 104 valence electrons. The Morgan fingerprint density at radius 3 is 2.80 bits per heavy atom. The first-order chi connectivity index (χ1) is 9.49. The van der Waals surface area contributed by atoms with Gasteiger partial charge in [0.1, 0.15) is 6.54 Å². The van der Waals surface area contributed by atoms with Crippen LogP contribution in [0.3, 0.4) is 0 Å². The molecule has 7 heteroatoms. The maximum atomic E-state index is 12.1. The number of nitrogens with zero attached hydrogens (tertiary/aromatic N) is 2. The van der Waals surface area contributed by atoms with E-state index in [9.17, 15) is 14.4 Å². The average molecular weight is 275 g/mol. The Balaban J connectivity index is 2.22. The number of carbonyl (C=O) groups excluding carboxylic acids is 2. The van der Waals surface area contributed by atoms with Crippen molar-refractivity contribution in [1.82, 2.24) is 9.55 Å². The highest BCUT2D eigenvalue weighted by molar-refractivity contribution is 5.82. The summed E-state index contributed by atoms with van der Waals surface area (Å²) in [7, 11) is 0. The van der Waals surface area contributed by atoms with E-state index in [0.29, 0.717) is 10.9 Å². The van der Waals surface area contributed by atoms with Gasteiger partial charge >= 0.3 is 5.97 Å². The molecule has 0 unspecified atom stereocenters. The Bertz CT molecular complexity index is 723. The molecule has 1 heterocycles. The summed E-state index contributed by atoms with van der Waals surface area (Å²) in [5, 5.41) is 0.408. The Labute approximate surface area is 114 Å². The van der Waals surface area contributed by atoms with Gasteiger partial charge in [0.25, 0.3) is 11.5 Å². The van der Waals surface area contributed by atoms with Crippen LogP contribution < -0.4 is 11.3 Å². The lowest BCUT2D eigenvalue weighted by atomic mass is 10.2. The zero-order valence-electron chi connectivity index (χ0n) is 10.8. The van der Waals surface area contributed by atoms with Crippen molar-refractivity contribution in [1.29, 1.82) is 0 Å².